The van der Waals surface area contributed by atoms with Crippen molar-refractivity contribution >= 4 is 68.1 Å². The van der Waals surface area contributed by atoms with E-state index in [1.54, 1.807) is 52.8 Å². The van der Waals surface area contributed by atoms with E-state index >= 15 is 0 Å². The number of rotatable bonds is 37. The molecule has 0 bridgehead atoms. The Morgan fingerprint density at radius 2 is 0.661 bits per heavy atom. The van der Waals surface area contributed by atoms with Crippen molar-refractivity contribution in [2.45, 2.75) is 160 Å². The molecule has 12 aromatic rings. The van der Waals surface area contributed by atoms with Crippen molar-refractivity contribution in [1.82, 2.24) is 95.5 Å². The van der Waals surface area contributed by atoms with E-state index in [4.69, 9.17) is 38.3 Å². The second-order valence-corrected chi connectivity index (χ2v) is 37.3. The maximum Gasteiger partial charge on any atom is 0.318 e. The van der Waals surface area contributed by atoms with Gasteiger partial charge in [0.2, 0.25) is 40.1 Å². The number of carbonyl (C=O) groups is 1. The van der Waals surface area contributed by atoms with Crippen LogP contribution in [-0.4, -0.2) is 256 Å². The molecule has 0 amide bonds. The standard InChI is InChI=1S/C22H31N5O6S.C21H29N5O5S.C20H25N5O6S.C19H25N5O4S/c1-7-9-18-23-14(3)20-22(28)24-21(25-27(18)20)16-12-15(10-11-17(16)33-8-2)34(29,30)26(4)13-19(31-5)32-6;1-6-8-18-22-14(3)19-21(27)23-20(24-26(18)19)16-13-15(9-10-17(16)31-7-2)32(28,29)25(4)11-12-30-5;1-5-7-16-21-12(3)18-20(28)22-19(23-25(16)18)14-10-13(8-9-15(14)31-6-2)32(29,30)24(4)11-17(26)27;1-6-8-16-20-12(3)17-19(25)21-18(22-24(16)17)14-11-13(29(26,27)23(4)5)9-10-15(14)28-7-2/h10-12,19H,7-9,13H2,1-6H3,(H,24,25,28);9-10,13H,6-8,11-12H2,1-5H3,(H,23,24,27);8-10H,5-7,11H2,1-4H3,(H,26,27)(H,22,23,28);9-11H,6-8H2,1-5H3,(H,21,22,25). The highest BCUT2D eigenvalue weighted by molar-refractivity contribution is 7.90. The highest BCUT2D eigenvalue weighted by atomic mass is 32.2. The first-order chi connectivity index (χ1) is 60.2. The lowest BCUT2D eigenvalue weighted by Crippen LogP contribution is -2.36. The smallest absolute Gasteiger partial charge is 0.318 e. The summed E-state index contributed by atoms with van der Waals surface area (Å²) in [5.74, 6) is 3.65. The zero-order valence-electron chi connectivity index (χ0n) is 74.7. The number of ether oxygens (including phenoxy) is 7. The number of benzene rings is 4. The highest BCUT2D eigenvalue weighted by Gasteiger charge is 2.31. The number of likely N-dealkylation sites (N-methyl/N-ethyl adjacent to an activating group) is 3. The summed E-state index contributed by atoms with van der Waals surface area (Å²) in [5.41, 5.74) is 3.65. The van der Waals surface area contributed by atoms with Gasteiger partial charge in [-0.3, -0.25) is 24.0 Å². The van der Waals surface area contributed by atoms with Crippen molar-refractivity contribution in [3.05, 3.63) is 160 Å². The van der Waals surface area contributed by atoms with Gasteiger partial charge in [0.25, 0.3) is 22.2 Å². The summed E-state index contributed by atoms with van der Waals surface area (Å²) in [4.78, 5) is 91.1. The predicted octanol–water partition coefficient (Wildman–Crippen LogP) is 7.44. The van der Waals surface area contributed by atoms with Crippen LogP contribution >= 0.6 is 0 Å². The topological polar surface area (TPSA) is 504 Å². The summed E-state index contributed by atoms with van der Waals surface area (Å²) in [6, 6.07) is 17.6. The lowest BCUT2D eigenvalue weighted by atomic mass is 10.2. The third-order valence-electron chi connectivity index (χ3n) is 19.7. The fourth-order valence-electron chi connectivity index (χ4n) is 13.4. The zero-order valence-corrected chi connectivity index (χ0v) is 78.0. The molecule has 0 atom stereocenters. The monoisotopic (exact) mass is 1840 g/mol. The average Bonchev–Trinajstić information content (AvgIpc) is 1.79. The number of imidazole rings is 4. The summed E-state index contributed by atoms with van der Waals surface area (Å²) in [5, 5.41) is 27.2. The maximum absolute atomic E-state index is 13.2. The first-order valence-electron chi connectivity index (χ1n) is 40.8. The number of nitrogens with one attached hydrogen (secondary N) is 4. The Morgan fingerprint density at radius 1 is 0.402 bits per heavy atom. The van der Waals surface area contributed by atoms with Gasteiger partial charge >= 0.3 is 5.97 Å². The number of nitrogens with zero attached hydrogens (tertiary/aromatic N) is 16. The second kappa shape index (κ2) is 42.8. The van der Waals surface area contributed by atoms with Gasteiger partial charge in [-0.25, -0.2) is 76.0 Å². The van der Waals surface area contributed by atoms with Gasteiger partial charge in [0.15, 0.2) is 51.7 Å². The van der Waals surface area contributed by atoms with Crippen molar-refractivity contribution in [3.8, 4) is 68.5 Å². The SMILES string of the molecule is CCCc1nc(C)c2c(=O)[nH]c(-c3cc(S(=O)(=O)N(C)C)ccc3OCC)nn12.CCCc1nc(C)c2c(=O)[nH]c(-c3cc(S(=O)(=O)N(C)CC(=O)O)ccc3OCC)nn12.CCCc1nc(C)c2c(=O)[nH]c(-c3cc(S(=O)(=O)N(C)CC(OC)OC)ccc3OCC)nn12.CCCc1nc(C)c2c(=O)[nH]c(-c3cc(S(=O)(=O)N(C)CCOC)ccc3OCC)nn12. The number of hydrogen-bond donors (Lipinski definition) is 5. The minimum Gasteiger partial charge on any atom is -0.493 e. The normalized spacial score (nSPS) is 12.1. The number of hydrogen-bond acceptors (Lipinski definition) is 28. The van der Waals surface area contributed by atoms with Crippen LogP contribution in [0.2, 0.25) is 0 Å². The third kappa shape index (κ3) is 22.0. The molecule has 45 heteroatoms. The number of aromatic nitrogens is 16. The molecule has 0 unspecified atom stereocenters. The van der Waals surface area contributed by atoms with E-state index in [0.29, 0.717) is 160 Å². The lowest BCUT2D eigenvalue weighted by Gasteiger charge is -2.22. The molecule has 127 heavy (non-hydrogen) atoms. The highest BCUT2D eigenvalue weighted by Crippen LogP contribution is 2.36. The molecule has 0 fully saturated rings. The molecule has 0 spiro atoms. The molecular formula is C82H110N20O21S4. The average molecular weight is 1840 g/mol. The van der Waals surface area contributed by atoms with Gasteiger partial charge < -0.3 is 58.2 Å². The largest absolute Gasteiger partial charge is 0.493 e. The molecule has 0 aliphatic heterocycles. The summed E-state index contributed by atoms with van der Waals surface area (Å²) < 4.78 is 152. The first-order valence-corrected chi connectivity index (χ1v) is 46.6. The quantitative estimate of drug-likeness (QED) is 0.0236. The van der Waals surface area contributed by atoms with Gasteiger partial charge in [0.05, 0.1) is 104 Å². The number of aryl methyl sites for hydroxylation is 8. The van der Waals surface area contributed by atoms with Gasteiger partial charge in [-0.1, -0.05) is 27.7 Å². The number of aliphatic carboxylic acids is 1. The number of aromatic amines is 4. The summed E-state index contributed by atoms with van der Waals surface area (Å²) in [6.45, 7) is 23.5. The van der Waals surface area contributed by atoms with Crippen LogP contribution in [0.1, 0.15) is 127 Å². The molecule has 0 saturated carbocycles. The number of H-pyrrole nitrogens is 4. The van der Waals surface area contributed by atoms with Crippen molar-refractivity contribution in [1.29, 1.82) is 0 Å². The Balaban J connectivity index is 0.000000192. The Morgan fingerprint density at radius 3 is 0.898 bits per heavy atom. The summed E-state index contributed by atoms with van der Waals surface area (Å²) in [6.07, 6.45) is 5.17. The molecule has 12 rings (SSSR count). The number of methoxy groups -OCH3 is 3. The molecule has 688 valence electrons. The van der Waals surface area contributed by atoms with Crippen LogP contribution in [0.25, 0.3) is 67.6 Å². The fourth-order valence-corrected chi connectivity index (χ4v) is 17.9. The van der Waals surface area contributed by atoms with Crippen LogP contribution in [0, 0.1) is 27.7 Å². The molecule has 41 nitrogen and oxygen atoms in total. The molecular weight excluding hydrogens is 1730 g/mol. The van der Waals surface area contributed by atoms with E-state index in [1.807, 2.05) is 48.5 Å². The molecule has 0 radical (unpaired) electrons. The molecule has 8 aromatic heterocycles. The molecule has 0 saturated heterocycles. The van der Waals surface area contributed by atoms with Gasteiger partial charge in [-0.2, -0.15) is 12.9 Å². The molecule has 8 heterocycles. The molecule has 5 N–H and O–H groups in total. The van der Waals surface area contributed by atoms with E-state index in [-0.39, 0.29) is 84.8 Å². The Kier molecular flexibility index (Phi) is 33.5. The van der Waals surface area contributed by atoms with E-state index < -0.39 is 64.5 Å². The van der Waals surface area contributed by atoms with Crippen LogP contribution in [0.5, 0.6) is 23.0 Å². The Hall–Kier alpha value is -11.5. The number of sulfonamides is 4. The van der Waals surface area contributed by atoms with Gasteiger partial charge in [-0.05, 0) is 154 Å². The van der Waals surface area contributed by atoms with E-state index in [2.05, 4.69) is 60.3 Å². The van der Waals surface area contributed by atoms with Crippen molar-refractivity contribution in [3.63, 3.8) is 0 Å². The van der Waals surface area contributed by atoms with Gasteiger partial charge in [0, 0.05) is 88.8 Å². The maximum atomic E-state index is 13.2. The predicted molar refractivity (Wildman–Crippen MR) is 473 cm³/mol. The van der Waals surface area contributed by atoms with Crippen molar-refractivity contribution in [2.24, 2.45) is 0 Å². The minimum atomic E-state index is -4.10. The van der Waals surface area contributed by atoms with E-state index in [0.717, 1.165) is 38.6 Å². The van der Waals surface area contributed by atoms with E-state index in [9.17, 15) is 57.6 Å². The third-order valence-corrected chi connectivity index (χ3v) is 27.0. The van der Waals surface area contributed by atoms with Crippen LogP contribution < -0.4 is 41.2 Å². The molecule has 0 aliphatic rings. The van der Waals surface area contributed by atoms with Crippen molar-refractivity contribution < 1.29 is 76.7 Å². The minimum absolute atomic E-state index is 0.00634. The zero-order chi connectivity index (χ0) is 93.5. The van der Waals surface area contributed by atoms with E-state index in [1.165, 1.54) is 134 Å². The lowest BCUT2D eigenvalue weighted by molar-refractivity contribution is -0.137. The van der Waals surface area contributed by atoms with Crippen molar-refractivity contribution in [2.75, 3.05) is 109 Å². The summed E-state index contributed by atoms with van der Waals surface area (Å²) >= 11 is 0. The van der Waals surface area contributed by atoms with Crippen LogP contribution in [0.15, 0.2) is 112 Å². The summed E-state index contributed by atoms with van der Waals surface area (Å²) in [7, 11) is -4.04. The van der Waals surface area contributed by atoms with Crippen LogP contribution in [0.3, 0.4) is 0 Å². The van der Waals surface area contributed by atoms with Gasteiger partial charge in [0.1, 0.15) is 52.8 Å². The Bertz CT molecular complexity index is 6710. The van der Waals surface area contributed by atoms with Gasteiger partial charge in [-0.15, -0.1) is 20.4 Å². The molecule has 0 aliphatic carbocycles. The van der Waals surface area contributed by atoms with Crippen LogP contribution in [-0.2, 0) is 84.8 Å². The first kappa shape index (κ1) is 99.2. The fraction of sp³-hybridized carbons (Fsp3) is 0.451. The van der Waals surface area contributed by atoms with Crippen LogP contribution in [0.4, 0.5) is 0 Å². The second-order valence-electron chi connectivity index (χ2n) is 29.0. The number of carboxylic acid groups (broad SMARTS) is 1. The Labute approximate surface area is 734 Å². The number of fused-ring (bicyclic) bond motifs is 4. The molecule has 4 aromatic carbocycles. The number of carboxylic acids is 1.